The highest BCUT2D eigenvalue weighted by Gasteiger charge is 2.35. The average molecular weight is 252 g/mol. The predicted molar refractivity (Wildman–Crippen MR) is 78.0 cm³/mol. The molecule has 0 saturated heterocycles. The summed E-state index contributed by atoms with van der Waals surface area (Å²) in [6.07, 6.45) is 12.7. The van der Waals surface area contributed by atoms with Crippen LogP contribution in [0.2, 0.25) is 0 Å². The van der Waals surface area contributed by atoms with Crippen LogP contribution in [0.1, 0.15) is 71.6 Å². The highest BCUT2D eigenvalue weighted by atomic mass is 15.2. The lowest BCUT2D eigenvalue weighted by molar-refractivity contribution is 0.167. The van der Waals surface area contributed by atoms with Crippen LogP contribution in [0.3, 0.4) is 0 Å². The molecule has 0 aromatic rings. The Labute approximate surface area is 113 Å². The largest absolute Gasteiger partial charge is 0.271 e. The van der Waals surface area contributed by atoms with Crippen molar-refractivity contribution in [3.63, 3.8) is 0 Å². The minimum absolute atomic E-state index is 0.593. The van der Waals surface area contributed by atoms with E-state index in [-0.39, 0.29) is 0 Å². The fourth-order valence-corrected chi connectivity index (χ4v) is 4.50. The maximum absolute atomic E-state index is 5.91. The Balaban J connectivity index is 1.91. The first-order chi connectivity index (χ1) is 8.78. The second-order valence-electron chi connectivity index (χ2n) is 6.74. The van der Waals surface area contributed by atoms with Gasteiger partial charge in [-0.1, -0.05) is 46.0 Å². The number of nitrogens with one attached hydrogen (secondary N) is 1. The van der Waals surface area contributed by atoms with Crippen LogP contribution in [0.15, 0.2) is 0 Å². The molecule has 106 valence electrons. The summed E-state index contributed by atoms with van der Waals surface area (Å²) in [6.45, 7) is 4.69. The Morgan fingerprint density at radius 1 is 0.944 bits per heavy atom. The first kappa shape index (κ1) is 14.3. The van der Waals surface area contributed by atoms with Gasteiger partial charge < -0.3 is 0 Å². The molecule has 0 bridgehead atoms. The molecule has 0 aliphatic heterocycles. The average Bonchev–Trinajstić information content (AvgIpc) is 2.88. The van der Waals surface area contributed by atoms with Crippen LogP contribution in [0.5, 0.6) is 0 Å². The second kappa shape index (κ2) is 6.91. The summed E-state index contributed by atoms with van der Waals surface area (Å²) in [5.41, 5.74) is 3.20. The highest BCUT2D eigenvalue weighted by molar-refractivity contribution is 4.89. The monoisotopic (exact) mass is 252 g/mol. The Bertz CT molecular complexity index is 241. The SMILES string of the molecule is CCC1CCCC(C(NN)C2CCC(CC)C2)C1. The Kier molecular flexibility index (Phi) is 5.50. The smallest absolute Gasteiger partial charge is 0.0267 e. The molecule has 0 radical (unpaired) electrons. The van der Waals surface area contributed by atoms with Crippen molar-refractivity contribution in [3.8, 4) is 0 Å². The van der Waals surface area contributed by atoms with E-state index in [4.69, 9.17) is 5.84 Å². The molecule has 0 aromatic heterocycles. The molecule has 5 unspecified atom stereocenters. The zero-order chi connectivity index (χ0) is 13.0. The summed E-state index contributed by atoms with van der Waals surface area (Å²) in [4.78, 5) is 0. The van der Waals surface area contributed by atoms with Gasteiger partial charge in [0.05, 0.1) is 0 Å². The van der Waals surface area contributed by atoms with Crippen LogP contribution in [-0.2, 0) is 0 Å². The molecular formula is C16H32N2. The fraction of sp³-hybridized carbons (Fsp3) is 1.00. The third-order valence-corrected chi connectivity index (χ3v) is 5.77. The Hall–Kier alpha value is -0.0800. The number of hydrazine groups is 1. The Morgan fingerprint density at radius 3 is 2.11 bits per heavy atom. The maximum atomic E-state index is 5.91. The quantitative estimate of drug-likeness (QED) is 0.576. The molecule has 2 fully saturated rings. The zero-order valence-corrected chi connectivity index (χ0v) is 12.3. The first-order valence-electron chi connectivity index (χ1n) is 8.24. The zero-order valence-electron chi connectivity index (χ0n) is 12.3. The van der Waals surface area contributed by atoms with E-state index in [9.17, 15) is 0 Å². The van der Waals surface area contributed by atoms with Gasteiger partial charge in [0.2, 0.25) is 0 Å². The minimum Gasteiger partial charge on any atom is -0.271 e. The molecule has 3 N–H and O–H groups in total. The lowest BCUT2D eigenvalue weighted by Gasteiger charge is -2.37. The molecule has 18 heavy (non-hydrogen) atoms. The molecule has 0 heterocycles. The van der Waals surface area contributed by atoms with E-state index in [0.29, 0.717) is 6.04 Å². The van der Waals surface area contributed by atoms with Crippen molar-refractivity contribution in [2.75, 3.05) is 0 Å². The van der Waals surface area contributed by atoms with E-state index in [2.05, 4.69) is 19.3 Å². The van der Waals surface area contributed by atoms with E-state index in [1.165, 1.54) is 57.8 Å². The molecule has 2 aliphatic rings. The maximum Gasteiger partial charge on any atom is 0.0267 e. The molecule has 0 amide bonds. The van der Waals surface area contributed by atoms with Crippen LogP contribution in [-0.4, -0.2) is 6.04 Å². The summed E-state index contributed by atoms with van der Waals surface area (Å²) in [7, 11) is 0. The molecule has 2 saturated carbocycles. The molecule has 2 heteroatoms. The van der Waals surface area contributed by atoms with Crippen LogP contribution >= 0.6 is 0 Å². The number of nitrogens with two attached hydrogens (primary N) is 1. The van der Waals surface area contributed by atoms with Crippen molar-refractivity contribution in [2.45, 2.75) is 77.7 Å². The molecule has 5 atom stereocenters. The summed E-state index contributed by atoms with van der Waals surface area (Å²) in [5.74, 6) is 9.53. The van der Waals surface area contributed by atoms with Crippen LogP contribution in [0.4, 0.5) is 0 Å². The topological polar surface area (TPSA) is 38.0 Å². The van der Waals surface area contributed by atoms with Gasteiger partial charge in [-0.15, -0.1) is 0 Å². The van der Waals surface area contributed by atoms with Crippen LogP contribution in [0, 0.1) is 23.7 Å². The van der Waals surface area contributed by atoms with Gasteiger partial charge in [-0.3, -0.25) is 11.3 Å². The van der Waals surface area contributed by atoms with Crippen molar-refractivity contribution in [1.29, 1.82) is 0 Å². The molecule has 0 spiro atoms. The molecule has 2 nitrogen and oxygen atoms in total. The third kappa shape index (κ3) is 3.27. The third-order valence-electron chi connectivity index (χ3n) is 5.77. The standard InChI is InChI=1S/C16H32N2/c1-3-12-6-5-7-14(10-12)16(18-17)15-9-8-13(4-2)11-15/h12-16,18H,3-11,17H2,1-2H3. The lowest BCUT2D eigenvalue weighted by Crippen LogP contribution is -2.46. The summed E-state index contributed by atoms with van der Waals surface area (Å²) in [6, 6.07) is 0.593. The fourth-order valence-electron chi connectivity index (χ4n) is 4.50. The minimum atomic E-state index is 0.593. The van der Waals surface area contributed by atoms with E-state index < -0.39 is 0 Å². The van der Waals surface area contributed by atoms with Crippen molar-refractivity contribution < 1.29 is 0 Å². The van der Waals surface area contributed by atoms with Gasteiger partial charge in [-0.25, -0.2) is 0 Å². The van der Waals surface area contributed by atoms with Crippen molar-refractivity contribution in [2.24, 2.45) is 29.5 Å². The molecular weight excluding hydrogens is 220 g/mol. The Morgan fingerprint density at radius 2 is 1.56 bits per heavy atom. The second-order valence-corrected chi connectivity index (χ2v) is 6.74. The van der Waals surface area contributed by atoms with Crippen LogP contribution in [0.25, 0.3) is 0 Å². The number of hydrogen-bond acceptors (Lipinski definition) is 2. The van der Waals surface area contributed by atoms with E-state index in [1.54, 1.807) is 0 Å². The van der Waals surface area contributed by atoms with Crippen molar-refractivity contribution in [1.82, 2.24) is 5.43 Å². The first-order valence-corrected chi connectivity index (χ1v) is 8.24. The van der Waals surface area contributed by atoms with Crippen molar-refractivity contribution in [3.05, 3.63) is 0 Å². The normalized spacial score (nSPS) is 38.8. The van der Waals surface area contributed by atoms with Crippen molar-refractivity contribution >= 4 is 0 Å². The van der Waals surface area contributed by atoms with Gasteiger partial charge in [-0.05, 0) is 49.4 Å². The predicted octanol–water partition coefficient (Wildman–Crippen LogP) is 3.86. The van der Waals surface area contributed by atoms with Gasteiger partial charge in [0.25, 0.3) is 0 Å². The number of rotatable bonds is 5. The van der Waals surface area contributed by atoms with Gasteiger partial charge in [0.15, 0.2) is 0 Å². The summed E-state index contributed by atoms with van der Waals surface area (Å²) >= 11 is 0. The van der Waals surface area contributed by atoms with E-state index in [0.717, 1.165) is 23.7 Å². The van der Waals surface area contributed by atoms with Gasteiger partial charge >= 0.3 is 0 Å². The van der Waals surface area contributed by atoms with E-state index >= 15 is 0 Å². The molecule has 0 aromatic carbocycles. The van der Waals surface area contributed by atoms with E-state index in [1.807, 2.05) is 0 Å². The summed E-state index contributed by atoms with van der Waals surface area (Å²) in [5, 5.41) is 0. The van der Waals surface area contributed by atoms with Gasteiger partial charge in [0.1, 0.15) is 0 Å². The highest BCUT2D eigenvalue weighted by Crippen LogP contribution is 2.41. The molecule has 2 rings (SSSR count). The van der Waals surface area contributed by atoms with Crippen LogP contribution < -0.4 is 11.3 Å². The van der Waals surface area contributed by atoms with Gasteiger partial charge in [-0.2, -0.15) is 0 Å². The molecule has 2 aliphatic carbocycles. The number of hydrogen-bond donors (Lipinski definition) is 2. The summed E-state index contributed by atoms with van der Waals surface area (Å²) < 4.78 is 0. The van der Waals surface area contributed by atoms with Gasteiger partial charge in [0, 0.05) is 6.04 Å². The lowest BCUT2D eigenvalue weighted by atomic mass is 9.73.